The average molecular weight is 1050 g/mol. The molecule has 0 radical (unpaired) electrons. The van der Waals surface area contributed by atoms with E-state index in [4.69, 9.17) is 9.72 Å². The number of anilines is 4. The average Bonchev–Trinajstić information content (AvgIpc) is 3.62. The van der Waals surface area contributed by atoms with Crippen molar-refractivity contribution in [1.82, 2.24) is 9.55 Å². The fourth-order valence-corrected chi connectivity index (χ4v) is 8.58. The van der Waals surface area contributed by atoms with E-state index < -0.39 is 0 Å². The van der Waals surface area contributed by atoms with Crippen LogP contribution in [0.1, 0.15) is 79.0 Å². The molecule has 2 heterocycles. The summed E-state index contributed by atoms with van der Waals surface area (Å²) in [6, 6.07) is 62.5. The number of benzene rings is 7. The van der Waals surface area contributed by atoms with Gasteiger partial charge in [0, 0.05) is 55.7 Å². The molecule has 0 unspecified atom stereocenters. The largest absolute Gasteiger partial charge is 0.516 e. The molecular formula is C60H57N4OPt-3. The first-order valence-corrected chi connectivity index (χ1v) is 22.5. The molecule has 0 saturated carbocycles. The number of aromatic nitrogens is 2. The maximum atomic E-state index is 6.67. The maximum Gasteiger partial charge on any atom is 0.135 e. The molecule has 5 nitrogen and oxygen atoms in total. The summed E-state index contributed by atoms with van der Waals surface area (Å²) < 4.78 is 8.91. The molecule has 9 rings (SSSR count). The van der Waals surface area contributed by atoms with Crippen LogP contribution >= 0.6 is 0 Å². The first-order valence-electron chi connectivity index (χ1n) is 22.5. The number of ether oxygens (including phenoxy) is 1. The third-order valence-electron chi connectivity index (χ3n) is 12.2. The maximum absolute atomic E-state index is 6.67. The second-order valence-electron chi connectivity index (χ2n) is 20.1. The van der Waals surface area contributed by atoms with Gasteiger partial charge in [0.05, 0.1) is 5.69 Å². The zero-order valence-electron chi connectivity index (χ0n) is 39.4. The molecule has 0 fully saturated rings. The van der Waals surface area contributed by atoms with Gasteiger partial charge in [0.2, 0.25) is 0 Å². The molecule has 1 N–H and O–H groups in total. The summed E-state index contributed by atoms with van der Waals surface area (Å²) >= 11 is 0. The Morgan fingerprint density at radius 2 is 1.20 bits per heavy atom. The molecule has 0 aliphatic heterocycles. The van der Waals surface area contributed by atoms with Crippen LogP contribution in [0.25, 0.3) is 49.9 Å². The van der Waals surface area contributed by atoms with Gasteiger partial charge < -0.3 is 19.5 Å². The van der Waals surface area contributed by atoms with Crippen LogP contribution in [0.5, 0.6) is 11.5 Å². The number of rotatable bonds is 9. The minimum Gasteiger partial charge on any atom is -0.516 e. The van der Waals surface area contributed by atoms with Crippen molar-refractivity contribution in [3.63, 3.8) is 0 Å². The number of pyridine rings is 1. The van der Waals surface area contributed by atoms with Gasteiger partial charge in [0.1, 0.15) is 5.82 Å². The molecule has 0 aliphatic rings. The van der Waals surface area contributed by atoms with Crippen molar-refractivity contribution in [3.05, 3.63) is 200 Å². The van der Waals surface area contributed by atoms with E-state index in [1.54, 1.807) is 0 Å². The van der Waals surface area contributed by atoms with Gasteiger partial charge in [-0.15, -0.1) is 41.4 Å². The van der Waals surface area contributed by atoms with Crippen LogP contribution in [0.4, 0.5) is 22.7 Å². The first kappa shape index (κ1) is 46.1. The van der Waals surface area contributed by atoms with E-state index in [0.29, 0.717) is 11.5 Å². The predicted molar refractivity (Wildman–Crippen MR) is 273 cm³/mol. The summed E-state index contributed by atoms with van der Waals surface area (Å²) in [5.74, 6) is 1.99. The van der Waals surface area contributed by atoms with Crippen molar-refractivity contribution in [2.24, 2.45) is 0 Å². The molecule has 6 heteroatoms. The van der Waals surface area contributed by atoms with Crippen LogP contribution in [0.2, 0.25) is 0 Å². The minimum atomic E-state index is -0.0926. The fraction of sp³-hybridized carbons (Fsp3) is 0.200. The van der Waals surface area contributed by atoms with Gasteiger partial charge in [-0.25, -0.2) is 4.98 Å². The van der Waals surface area contributed by atoms with E-state index in [9.17, 15) is 0 Å². The van der Waals surface area contributed by atoms with Gasteiger partial charge in [0.25, 0.3) is 0 Å². The van der Waals surface area contributed by atoms with Crippen molar-refractivity contribution in [3.8, 4) is 39.6 Å². The van der Waals surface area contributed by atoms with Crippen molar-refractivity contribution < 1.29 is 25.8 Å². The summed E-state index contributed by atoms with van der Waals surface area (Å²) in [4.78, 5) is 6.87. The molecule has 0 spiro atoms. The molecule has 0 saturated heterocycles. The smallest absolute Gasteiger partial charge is 0.135 e. The van der Waals surface area contributed by atoms with Gasteiger partial charge in [-0.05, 0) is 109 Å². The second kappa shape index (κ2) is 18.1. The topological polar surface area (TPSA) is 42.3 Å². The quantitative estimate of drug-likeness (QED) is 0.146. The molecular weight excluding hydrogens is 988 g/mol. The van der Waals surface area contributed by atoms with Crippen molar-refractivity contribution in [1.29, 1.82) is 0 Å². The number of hydrogen-bond donors (Lipinski definition) is 1. The van der Waals surface area contributed by atoms with Gasteiger partial charge in [-0.3, -0.25) is 7.05 Å². The monoisotopic (exact) mass is 1040 g/mol. The third-order valence-corrected chi connectivity index (χ3v) is 12.2. The Morgan fingerprint density at radius 1 is 0.576 bits per heavy atom. The standard InChI is InChI=1S/C60H57N4O.Pt/c1-58(2,3)44-27-30-52(62-46-34-42(40-19-13-11-14-20-40)33-43(35-46)41-21-15-12-16-22-41)55(36-44)63(10)47-23-17-24-48(38-47)65-49-28-29-50-54(39-49)64(56-37-45(31-32-61-56)59(4,5)6)53-26-18-25-51(57(50)53)60(7,8)9;/h11-37,62H,10H2,1-9H3;/q-3;. The Hall–Kier alpha value is -6.42. The Bertz CT molecular complexity index is 3110. The van der Waals surface area contributed by atoms with Gasteiger partial charge >= 0.3 is 0 Å². The number of fused-ring (bicyclic) bond motifs is 3. The van der Waals surface area contributed by atoms with Gasteiger partial charge in [0.15, 0.2) is 0 Å². The molecule has 9 aromatic rings. The zero-order chi connectivity index (χ0) is 45.7. The third kappa shape index (κ3) is 9.46. The fourth-order valence-electron chi connectivity index (χ4n) is 8.58. The number of hydrogen-bond acceptors (Lipinski definition) is 4. The van der Waals surface area contributed by atoms with E-state index in [1.807, 2.05) is 35.4 Å². The van der Waals surface area contributed by atoms with E-state index >= 15 is 0 Å². The van der Waals surface area contributed by atoms with Crippen LogP contribution in [0, 0.1) is 19.2 Å². The van der Waals surface area contributed by atoms with E-state index in [-0.39, 0.29) is 37.3 Å². The molecule has 0 bridgehead atoms. The summed E-state index contributed by atoms with van der Waals surface area (Å²) in [6.45, 7) is 20.2. The Labute approximate surface area is 405 Å². The minimum absolute atomic E-state index is 0. The molecule has 7 aromatic carbocycles. The van der Waals surface area contributed by atoms with E-state index in [0.717, 1.165) is 67.2 Å². The number of nitrogens with one attached hydrogen (secondary N) is 1. The van der Waals surface area contributed by atoms with Crippen molar-refractivity contribution in [2.45, 2.75) is 78.6 Å². The zero-order valence-corrected chi connectivity index (χ0v) is 41.6. The molecule has 0 atom stereocenters. The molecule has 0 amide bonds. The Balaban J connectivity index is 0.00000592. The molecule has 66 heavy (non-hydrogen) atoms. The van der Waals surface area contributed by atoms with Crippen molar-refractivity contribution >= 4 is 44.6 Å². The SMILES string of the molecule is [CH2-]N(c1[c-]c(Oc2[c-]c3c(cc2)c2c(C(C)(C)C)cccc2n3-c2cc(C(C)(C)C)ccn2)ccc1)c1cc(C(C)(C)C)ccc1Nc1cc(-c2ccccc2)cc(-c2ccccc2)c1.[Pt]. The molecule has 336 valence electrons. The predicted octanol–water partition coefficient (Wildman–Crippen LogP) is 16.5. The van der Waals surface area contributed by atoms with Crippen LogP contribution in [0.15, 0.2) is 164 Å². The molecule has 0 aliphatic carbocycles. The van der Waals surface area contributed by atoms with Crippen molar-refractivity contribution in [2.75, 3.05) is 10.2 Å². The Morgan fingerprint density at radius 3 is 1.83 bits per heavy atom. The molecule has 2 aromatic heterocycles. The van der Waals surface area contributed by atoms with Gasteiger partial charge in [-0.2, -0.15) is 12.1 Å². The second-order valence-corrected chi connectivity index (χ2v) is 20.1. The summed E-state index contributed by atoms with van der Waals surface area (Å²) in [5, 5.41) is 6.11. The summed E-state index contributed by atoms with van der Waals surface area (Å²) in [6.07, 6.45) is 1.91. The number of nitrogens with zero attached hydrogens (tertiary/aromatic N) is 3. The van der Waals surface area contributed by atoms with E-state index in [2.05, 4.69) is 225 Å². The van der Waals surface area contributed by atoms with Crippen LogP contribution in [0.3, 0.4) is 0 Å². The normalized spacial score (nSPS) is 12.0. The summed E-state index contributed by atoms with van der Waals surface area (Å²) in [7, 11) is 4.63. The summed E-state index contributed by atoms with van der Waals surface area (Å²) in [5.41, 5.74) is 13.6. The van der Waals surface area contributed by atoms with Crippen LogP contribution in [-0.4, -0.2) is 9.55 Å². The first-order chi connectivity index (χ1) is 31.0. The van der Waals surface area contributed by atoms with Gasteiger partial charge in [-0.1, -0.05) is 147 Å². The Kier molecular flexibility index (Phi) is 12.6. The van der Waals surface area contributed by atoms with Crippen LogP contribution in [-0.2, 0) is 37.3 Å². The van der Waals surface area contributed by atoms with E-state index in [1.165, 1.54) is 22.1 Å². The van der Waals surface area contributed by atoms with Crippen LogP contribution < -0.4 is 15.0 Å².